The number of nitrogens with zero attached hydrogens (tertiary/aromatic N) is 2. The van der Waals surface area contributed by atoms with E-state index in [0.717, 1.165) is 0 Å². The van der Waals surface area contributed by atoms with Crippen molar-refractivity contribution in [2.75, 3.05) is 7.11 Å². The van der Waals surface area contributed by atoms with E-state index in [1.165, 1.54) is 17.9 Å². The highest BCUT2D eigenvalue weighted by molar-refractivity contribution is 5.85. The molecule has 0 aliphatic heterocycles. The van der Waals surface area contributed by atoms with Gasteiger partial charge in [0.1, 0.15) is 0 Å². The van der Waals surface area contributed by atoms with Gasteiger partial charge in [-0.1, -0.05) is 0 Å². The smallest absolute Gasteiger partial charge is 0.356 e. The van der Waals surface area contributed by atoms with Gasteiger partial charge in [-0.3, -0.25) is 0 Å². The van der Waals surface area contributed by atoms with Crippen LogP contribution in [0.1, 0.15) is 10.5 Å². The summed E-state index contributed by atoms with van der Waals surface area (Å²) in [6, 6.07) is 1.36. The summed E-state index contributed by atoms with van der Waals surface area (Å²) < 4.78 is 6.18. The third-order valence-corrected chi connectivity index (χ3v) is 1.27. The van der Waals surface area contributed by atoms with E-state index in [1.807, 2.05) is 0 Å². The predicted molar refractivity (Wildman–Crippen MR) is 36.7 cm³/mol. The molecule has 1 aromatic heterocycles. The van der Waals surface area contributed by atoms with Gasteiger partial charge in [-0.25, -0.2) is 9.48 Å². The summed E-state index contributed by atoms with van der Waals surface area (Å²) in [4.78, 5) is 10.4. The number of ether oxygens (including phenoxy) is 1. The molecule has 0 spiro atoms. The first-order valence-corrected chi connectivity index (χ1v) is 2.96. The third kappa shape index (κ3) is 1.31. The van der Waals surface area contributed by atoms with Crippen LogP contribution in [0.2, 0.25) is 0 Å². The minimum absolute atomic E-state index is 0.00986. The van der Waals surface area contributed by atoms with Crippen molar-refractivity contribution in [3.8, 4) is 5.88 Å². The standard InChI is InChI=1S/C6H8N2O3/c1-8-5(11-2)3-4(7-8)6(9)10/h3H,1-2H3,(H,9,10). The Kier molecular flexibility index (Phi) is 1.80. The van der Waals surface area contributed by atoms with E-state index in [9.17, 15) is 4.79 Å². The van der Waals surface area contributed by atoms with Gasteiger partial charge in [-0.15, -0.1) is 0 Å². The van der Waals surface area contributed by atoms with Gasteiger partial charge in [0.2, 0.25) is 5.88 Å². The fraction of sp³-hybridized carbons (Fsp3) is 0.333. The van der Waals surface area contributed by atoms with Crippen LogP contribution in [-0.2, 0) is 7.05 Å². The van der Waals surface area contributed by atoms with Crippen molar-refractivity contribution >= 4 is 5.97 Å². The van der Waals surface area contributed by atoms with Gasteiger partial charge in [0.25, 0.3) is 0 Å². The van der Waals surface area contributed by atoms with Gasteiger partial charge in [-0.2, -0.15) is 5.10 Å². The summed E-state index contributed by atoms with van der Waals surface area (Å²) in [7, 11) is 3.08. The molecule has 1 N–H and O–H groups in total. The maximum atomic E-state index is 10.4. The van der Waals surface area contributed by atoms with Crippen molar-refractivity contribution in [2.45, 2.75) is 0 Å². The third-order valence-electron chi connectivity index (χ3n) is 1.27. The highest BCUT2D eigenvalue weighted by atomic mass is 16.5. The second-order valence-corrected chi connectivity index (χ2v) is 2.00. The first-order valence-electron chi connectivity index (χ1n) is 2.96. The van der Waals surface area contributed by atoms with Crippen molar-refractivity contribution in [2.24, 2.45) is 7.05 Å². The predicted octanol–water partition coefficient (Wildman–Crippen LogP) is 0.127. The first-order chi connectivity index (χ1) is 5.15. The van der Waals surface area contributed by atoms with Crippen LogP contribution in [0.3, 0.4) is 0 Å². The molecule has 0 bridgehead atoms. The minimum atomic E-state index is -1.05. The molecular weight excluding hydrogens is 148 g/mol. The van der Waals surface area contributed by atoms with E-state index in [2.05, 4.69) is 5.10 Å². The number of carboxylic acids is 1. The Labute approximate surface area is 63.2 Å². The molecular formula is C6H8N2O3. The summed E-state index contributed by atoms with van der Waals surface area (Å²) in [5.41, 5.74) is -0.00986. The Morgan fingerprint density at radius 3 is 2.73 bits per heavy atom. The molecule has 0 aromatic carbocycles. The summed E-state index contributed by atoms with van der Waals surface area (Å²) in [5, 5.41) is 12.2. The molecule has 0 aliphatic carbocycles. The summed E-state index contributed by atoms with van der Waals surface area (Å²) in [6.07, 6.45) is 0. The van der Waals surface area contributed by atoms with Crippen molar-refractivity contribution in [3.05, 3.63) is 11.8 Å². The highest BCUT2D eigenvalue weighted by Crippen LogP contribution is 2.10. The molecule has 1 heterocycles. The number of hydrogen-bond acceptors (Lipinski definition) is 3. The second-order valence-electron chi connectivity index (χ2n) is 2.00. The molecule has 5 nitrogen and oxygen atoms in total. The van der Waals surface area contributed by atoms with Crippen molar-refractivity contribution in [1.29, 1.82) is 0 Å². The fourth-order valence-electron chi connectivity index (χ4n) is 0.746. The highest BCUT2D eigenvalue weighted by Gasteiger charge is 2.10. The molecule has 1 aromatic rings. The molecule has 0 unspecified atom stereocenters. The van der Waals surface area contributed by atoms with Crippen LogP contribution in [0.25, 0.3) is 0 Å². The quantitative estimate of drug-likeness (QED) is 0.660. The van der Waals surface area contributed by atoms with Gasteiger partial charge in [0, 0.05) is 13.1 Å². The maximum absolute atomic E-state index is 10.4. The van der Waals surface area contributed by atoms with E-state index < -0.39 is 5.97 Å². The van der Waals surface area contributed by atoms with E-state index in [1.54, 1.807) is 7.05 Å². The Hall–Kier alpha value is -1.52. The molecule has 0 radical (unpaired) electrons. The molecule has 60 valence electrons. The average Bonchev–Trinajstić information content (AvgIpc) is 2.31. The van der Waals surface area contributed by atoms with Crippen molar-refractivity contribution in [1.82, 2.24) is 9.78 Å². The largest absolute Gasteiger partial charge is 0.481 e. The van der Waals surface area contributed by atoms with Crippen LogP contribution in [0.15, 0.2) is 6.07 Å². The second kappa shape index (κ2) is 2.61. The number of aryl methyl sites for hydroxylation is 1. The molecule has 1 rings (SSSR count). The van der Waals surface area contributed by atoms with Gasteiger partial charge < -0.3 is 9.84 Å². The molecule has 0 saturated carbocycles. The number of methoxy groups -OCH3 is 1. The Morgan fingerprint density at radius 2 is 2.45 bits per heavy atom. The monoisotopic (exact) mass is 156 g/mol. The zero-order valence-electron chi connectivity index (χ0n) is 6.24. The lowest BCUT2D eigenvalue weighted by molar-refractivity contribution is 0.0689. The minimum Gasteiger partial charge on any atom is -0.481 e. The number of carbonyl (C=O) groups is 1. The van der Waals surface area contributed by atoms with Gasteiger partial charge >= 0.3 is 5.97 Å². The van der Waals surface area contributed by atoms with Crippen molar-refractivity contribution in [3.63, 3.8) is 0 Å². The summed E-state index contributed by atoms with van der Waals surface area (Å²) >= 11 is 0. The SMILES string of the molecule is COc1cc(C(=O)O)nn1C. The molecule has 5 heteroatoms. The fourth-order valence-corrected chi connectivity index (χ4v) is 0.746. The normalized spacial score (nSPS) is 9.64. The van der Waals surface area contributed by atoms with Crippen LogP contribution in [-0.4, -0.2) is 28.0 Å². The zero-order valence-corrected chi connectivity index (χ0v) is 6.24. The molecule has 0 fully saturated rings. The van der Waals surface area contributed by atoms with Crippen LogP contribution < -0.4 is 4.74 Å². The van der Waals surface area contributed by atoms with Crippen molar-refractivity contribution < 1.29 is 14.6 Å². The van der Waals surface area contributed by atoms with Crippen LogP contribution >= 0.6 is 0 Å². The Morgan fingerprint density at radius 1 is 1.82 bits per heavy atom. The van der Waals surface area contributed by atoms with E-state index in [-0.39, 0.29) is 5.69 Å². The Bertz CT molecular complexity index is 279. The van der Waals surface area contributed by atoms with Crippen LogP contribution in [0.4, 0.5) is 0 Å². The van der Waals surface area contributed by atoms with E-state index in [4.69, 9.17) is 9.84 Å². The van der Waals surface area contributed by atoms with E-state index >= 15 is 0 Å². The lowest BCUT2D eigenvalue weighted by atomic mass is 10.4. The molecule has 0 atom stereocenters. The van der Waals surface area contributed by atoms with Crippen LogP contribution in [0, 0.1) is 0 Å². The number of rotatable bonds is 2. The summed E-state index contributed by atoms with van der Waals surface area (Å²) in [6.45, 7) is 0. The van der Waals surface area contributed by atoms with Gasteiger partial charge in [0.15, 0.2) is 5.69 Å². The maximum Gasteiger partial charge on any atom is 0.356 e. The molecule has 0 saturated heterocycles. The van der Waals surface area contributed by atoms with Gasteiger partial charge in [0.05, 0.1) is 7.11 Å². The number of aromatic nitrogens is 2. The number of hydrogen-bond donors (Lipinski definition) is 1. The zero-order chi connectivity index (χ0) is 8.43. The number of aromatic carboxylic acids is 1. The lowest BCUT2D eigenvalue weighted by Crippen LogP contribution is -1.99. The number of carboxylic acid groups (broad SMARTS) is 1. The molecule has 0 amide bonds. The topological polar surface area (TPSA) is 64.3 Å². The Balaban J connectivity index is 3.05. The average molecular weight is 156 g/mol. The van der Waals surface area contributed by atoms with Crippen LogP contribution in [0.5, 0.6) is 5.88 Å². The van der Waals surface area contributed by atoms with E-state index in [0.29, 0.717) is 5.88 Å². The first kappa shape index (κ1) is 7.59. The van der Waals surface area contributed by atoms with Gasteiger partial charge in [-0.05, 0) is 0 Å². The molecule has 0 aliphatic rings. The summed E-state index contributed by atoms with van der Waals surface area (Å²) in [5.74, 6) is -0.619. The molecule has 11 heavy (non-hydrogen) atoms. The lowest BCUT2D eigenvalue weighted by Gasteiger charge is -1.95.